The maximum absolute atomic E-state index is 2.32. The van der Waals surface area contributed by atoms with Crippen LogP contribution in [0.25, 0.3) is 44.5 Å². The summed E-state index contributed by atoms with van der Waals surface area (Å²) < 4.78 is 0. The molecular formula is C82H108. The van der Waals surface area contributed by atoms with Crippen molar-refractivity contribution in [1.29, 1.82) is 0 Å². The third-order valence-electron chi connectivity index (χ3n) is 18.1. The van der Waals surface area contributed by atoms with Gasteiger partial charge in [-0.15, -0.1) is 0 Å². The number of benzene rings is 8. The molecule has 0 aliphatic heterocycles. The Labute approximate surface area is 502 Å². The van der Waals surface area contributed by atoms with E-state index in [0.717, 1.165) is 32.1 Å². The zero-order valence-electron chi connectivity index (χ0n) is 55.5. The third kappa shape index (κ3) is 18.1. The van der Waals surface area contributed by atoms with Crippen LogP contribution >= 0.6 is 0 Å². The molecule has 0 aromatic heterocycles. The molecule has 0 atom stereocenters. The van der Waals surface area contributed by atoms with Crippen molar-refractivity contribution in [2.75, 3.05) is 0 Å². The molecule has 0 N–H and O–H groups in total. The lowest BCUT2D eigenvalue weighted by Gasteiger charge is -2.25. The molecule has 0 bridgehead atoms. The van der Waals surface area contributed by atoms with Crippen LogP contribution < -0.4 is 0 Å². The first-order valence-electron chi connectivity index (χ1n) is 31.1. The van der Waals surface area contributed by atoms with Gasteiger partial charge in [0.25, 0.3) is 0 Å². The average molecular weight is 1090 g/mol. The molecule has 0 fully saturated rings. The lowest BCUT2D eigenvalue weighted by atomic mass is 9.79. The Balaban J connectivity index is 0.000000201. The quantitative estimate of drug-likeness (QED) is 0.108. The first kappa shape index (κ1) is 66.6. The topological polar surface area (TPSA) is 0 Å². The number of rotatable bonds is 13. The summed E-state index contributed by atoms with van der Waals surface area (Å²) in [7, 11) is 0. The molecule has 0 saturated carbocycles. The van der Waals surface area contributed by atoms with Crippen molar-refractivity contribution in [2.45, 2.75) is 222 Å². The molecule has 0 radical (unpaired) electrons. The van der Waals surface area contributed by atoms with Crippen LogP contribution in [0.4, 0.5) is 0 Å². The van der Waals surface area contributed by atoms with E-state index in [1.54, 1.807) is 0 Å². The largest absolute Gasteiger partial charge is 0.0646 e. The van der Waals surface area contributed by atoms with Crippen LogP contribution in [0.2, 0.25) is 0 Å². The van der Waals surface area contributed by atoms with Crippen molar-refractivity contribution in [2.24, 2.45) is 0 Å². The SMILES string of the molecule is CCC(C)(C)c1ccc(-c2ccc(C(C)(C)C)cc2)cc1.CCC(C)(C)c1ccc(-c2cccc(C(C)(C)C)c2)cc1.CCC(C)(C)c1ccc(-c2ccccc2C(C)(C)C)cc1.CCc1ccc(-c2ccc(C(C)(C)CC)cc2)cc1. The van der Waals surface area contributed by atoms with Crippen LogP contribution in [0.1, 0.15) is 223 Å². The van der Waals surface area contributed by atoms with Crippen LogP contribution in [0, 0.1) is 0 Å². The molecule has 0 unspecified atom stereocenters. The first-order valence-corrected chi connectivity index (χ1v) is 31.1. The van der Waals surface area contributed by atoms with Crippen LogP contribution in [0.5, 0.6) is 0 Å². The zero-order valence-corrected chi connectivity index (χ0v) is 55.5. The summed E-state index contributed by atoms with van der Waals surface area (Å²) in [6.45, 7) is 50.0. The Kier molecular flexibility index (Phi) is 22.6. The molecule has 0 aliphatic rings. The van der Waals surface area contributed by atoms with Gasteiger partial charge in [0.1, 0.15) is 0 Å². The maximum Gasteiger partial charge on any atom is -0.0106 e. The van der Waals surface area contributed by atoms with Crippen LogP contribution in [0.3, 0.4) is 0 Å². The summed E-state index contributed by atoms with van der Waals surface area (Å²) in [5.74, 6) is 0. The second kappa shape index (κ2) is 27.9. The Morgan fingerprint density at radius 2 is 0.524 bits per heavy atom. The van der Waals surface area contributed by atoms with Gasteiger partial charge in [-0.2, -0.15) is 0 Å². The van der Waals surface area contributed by atoms with Crippen molar-refractivity contribution in [3.05, 3.63) is 239 Å². The van der Waals surface area contributed by atoms with Gasteiger partial charge < -0.3 is 0 Å². The minimum atomic E-state index is 0.165. The molecule has 0 heterocycles. The maximum atomic E-state index is 2.32. The van der Waals surface area contributed by atoms with E-state index >= 15 is 0 Å². The normalized spacial score (nSPS) is 12.3. The van der Waals surface area contributed by atoms with E-state index in [2.05, 4.69) is 346 Å². The lowest BCUT2D eigenvalue weighted by Crippen LogP contribution is -2.15. The Morgan fingerprint density at radius 1 is 0.232 bits per heavy atom. The van der Waals surface area contributed by atoms with E-state index in [1.807, 2.05) is 0 Å². The Morgan fingerprint density at radius 3 is 0.829 bits per heavy atom. The standard InChI is InChI=1S/3C21H28.C19H24/c1-7-21(5,6)19-14-10-17(11-15-19)16-8-12-18(13-9-16)20(2,3)4;1-7-21(5,6)18-13-11-16(12-14-18)17-9-8-10-19(15-17)20(2,3)4;1-7-21(5,6)17-14-12-16(13-15-17)18-10-8-9-11-19(18)20(2,3)4;1-5-15-7-9-16(10-8-15)17-11-13-18(14-12-17)19(3,4)6-2/h3*8-15H,7H2,1-6H3;7-14H,5-6H2,1-4H3. The molecule has 0 spiro atoms. The molecule has 0 amide bonds. The Bertz CT molecular complexity index is 3170. The van der Waals surface area contributed by atoms with Gasteiger partial charge in [0.2, 0.25) is 0 Å². The van der Waals surface area contributed by atoms with Gasteiger partial charge in [-0.25, -0.2) is 0 Å². The summed E-state index contributed by atoms with van der Waals surface area (Å²) in [5, 5.41) is 0. The lowest BCUT2D eigenvalue weighted by molar-refractivity contribution is 0.506. The number of aryl methyl sites for hydroxylation is 1. The summed E-state index contributed by atoms with van der Waals surface area (Å²) >= 11 is 0. The van der Waals surface area contributed by atoms with Gasteiger partial charge in [-0.3, -0.25) is 0 Å². The fourth-order valence-electron chi connectivity index (χ4n) is 9.91. The molecule has 0 saturated heterocycles. The summed E-state index contributed by atoms with van der Waals surface area (Å²) in [5.41, 5.74) is 23.3. The van der Waals surface area contributed by atoms with Crippen molar-refractivity contribution >= 4 is 0 Å². The molecule has 8 aromatic carbocycles. The fraction of sp³-hybridized carbons (Fsp3) is 0.415. The first-order chi connectivity index (χ1) is 38.3. The highest BCUT2D eigenvalue weighted by molar-refractivity contribution is 5.70. The van der Waals surface area contributed by atoms with Gasteiger partial charge in [-0.1, -0.05) is 346 Å². The van der Waals surface area contributed by atoms with E-state index in [1.165, 1.54) is 89.0 Å². The van der Waals surface area contributed by atoms with Gasteiger partial charge in [0.15, 0.2) is 0 Å². The summed E-state index contributed by atoms with van der Waals surface area (Å²) in [6.07, 6.45) is 5.74. The van der Waals surface area contributed by atoms with E-state index in [9.17, 15) is 0 Å². The van der Waals surface area contributed by atoms with Crippen LogP contribution in [-0.2, 0) is 44.3 Å². The number of hydrogen-bond acceptors (Lipinski definition) is 0. The smallest absolute Gasteiger partial charge is 0.0106 e. The molecule has 0 nitrogen and oxygen atoms in total. The van der Waals surface area contributed by atoms with E-state index in [0.29, 0.717) is 0 Å². The Hall–Kier alpha value is -6.24. The molecule has 0 heteroatoms. The predicted octanol–water partition coefficient (Wildman–Crippen LogP) is 24.6. The average Bonchev–Trinajstić information content (AvgIpc) is 3.47. The molecule has 436 valence electrons. The van der Waals surface area contributed by atoms with Crippen molar-refractivity contribution in [1.82, 2.24) is 0 Å². The highest BCUT2D eigenvalue weighted by Crippen LogP contribution is 2.37. The molecule has 8 rings (SSSR count). The summed E-state index contributed by atoms with van der Waals surface area (Å²) in [6, 6.07) is 71.8. The molecule has 8 aromatic rings. The van der Waals surface area contributed by atoms with E-state index < -0.39 is 0 Å². The van der Waals surface area contributed by atoms with Crippen molar-refractivity contribution in [3.63, 3.8) is 0 Å². The van der Waals surface area contributed by atoms with Gasteiger partial charge >= 0.3 is 0 Å². The highest BCUT2D eigenvalue weighted by atomic mass is 14.3. The highest BCUT2D eigenvalue weighted by Gasteiger charge is 2.23. The minimum Gasteiger partial charge on any atom is -0.0646 e. The van der Waals surface area contributed by atoms with Crippen LogP contribution in [0.15, 0.2) is 194 Å². The van der Waals surface area contributed by atoms with Gasteiger partial charge in [-0.05, 0) is 159 Å². The monoisotopic (exact) mass is 1090 g/mol. The number of hydrogen-bond donors (Lipinski definition) is 0. The second-order valence-corrected chi connectivity index (χ2v) is 28.8. The second-order valence-electron chi connectivity index (χ2n) is 28.8. The predicted molar refractivity (Wildman–Crippen MR) is 366 cm³/mol. The van der Waals surface area contributed by atoms with E-state index in [-0.39, 0.29) is 37.9 Å². The van der Waals surface area contributed by atoms with Crippen molar-refractivity contribution in [3.8, 4) is 44.5 Å². The van der Waals surface area contributed by atoms with Crippen molar-refractivity contribution < 1.29 is 0 Å². The molecule has 0 aliphatic carbocycles. The van der Waals surface area contributed by atoms with Gasteiger partial charge in [0.05, 0.1) is 0 Å². The zero-order chi connectivity index (χ0) is 60.9. The van der Waals surface area contributed by atoms with Crippen LogP contribution in [-0.4, -0.2) is 0 Å². The minimum absolute atomic E-state index is 0.165. The van der Waals surface area contributed by atoms with E-state index in [4.69, 9.17) is 0 Å². The summed E-state index contributed by atoms with van der Waals surface area (Å²) in [4.78, 5) is 0. The molecular weight excluding hydrogens is 985 g/mol. The third-order valence-corrected chi connectivity index (χ3v) is 18.1. The fourth-order valence-corrected chi connectivity index (χ4v) is 9.91. The van der Waals surface area contributed by atoms with Gasteiger partial charge in [0, 0.05) is 0 Å². The molecule has 82 heavy (non-hydrogen) atoms.